The molecular weight excluding hydrogens is 294 g/mol. The van der Waals surface area contributed by atoms with Crippen LogP contribution in [-0.2, 0) is 4.79 Å². The minimum Gasteiger partial charge on any atom is -0.481 e. The van der Waals surface area contributed by atoms with Crippen LogP contribution in [0, 0.1) is 5.41 Å². The Hall–Kier alpha value is -1.01. The van der Waals surface area contributed by atoms with Crippen molar-refractivity contribution in [1.29, 1.82) is 0 Å². The molecule has 20 heavy (non-hydrogen) atoms. The monoisotopic (exact) mass is 313 g/mol. The summed E-state index contributed by atoms with van der Waals surface area (Å²) in [5.74, 6) is -0.940. The second-order valence-corrected chi connectivity index (χ2v) is 6.91. The van der Waals surface area contributed by atoms with Crippen LogP contribution < -0.4 is 5.32 Å². The first-order valence-corrected chi connectivity index (χ1v) is 8.82. The number of thiophene rings is 1. The van der Waals surface area contributed by atoms with E-state index in [2.05, 4.69) is 5.32 Å². The van der Waals surface area contributed by atoms with Crippen LogP contribution in [0.15, 0.2) is 16.3 Å². The highest BCUT2D eigenvalue weighted by Gasteiger charge is 2.39. The number of hydrogen-bond acceptors (Lipinski definition) is 4. The lowest BCUT2D eigenvalue weighted by molar-refractivity contribution is -0.150. The Balaban J connectivity index is 2.03. The van der Waals surface area contributed by atoms with E-state index in [0.717, 1.165) is 24.2 Å². The Morgan fingerprint density at radius 1 is 1.40 bits per heavy atom. The van der Waals surface area contributed by atoms with Crippen molar-refractivity contribution in [3.63, 3.8) is 0 Å². The van der Waals surface area contributed by atoms with Crippen molar-refractivity contribution >= 4 is 35.0 Å². The third-order valence-corrected chi connectivity index (χ3v) is 5.73. The number of hydrogen-bond donors (Lipinski definition) is 2. The molecule has 0 aliphatic heterocycles. The second kappa shape index (κ2) is 6.63. The molecule has 6 heteroatoms. The third kappa shape index (κ3) is 3.17. The summed E-state index contributed by atoms with van der Waals surface area (Å²) in [5, 5.41) is 14.2. The lowest BCUT2D eigenvalue weighted by atomic mass is 9.74. The molecule has 0 aromatic carbocycles. The average Bonchev–Trinajstić information content (AvgIpc) is 2.94. The molecule has 0 atom stereocenters. The standard InChI is InChI=1S/C14H19NO3S2/c1-19-10-5-8-20-11(10)12(16)15-9-14(13(17)18)6-3-2-4-7-14/h5,8H,2-4,6-7,9H2,1H3,(H,15,16)(H,17,18). The predicted octanol–water partition coefficient (Wildman–Crippen LogP) is 3.23. The minimum absolute atomic E-state index is 0.157. The summed E-state index contributed by atoms with van der Waals surface area (Å²) in [6.45, 7) is 0.229. The largest absolute Gasteiger partial charge is 0.481 e. The summed E-state index contributed by atoms with van der Waals surface area (Å²) in [4.78, 5) is 25.4. The van der Waals surface area contributed by atoms with Gasteiger partial charge in [0.05, 0.1) is 5.41 Å². The van der Waals surface area contributed by atoms with Crippen LogP contribution in [0.2, 0.25) is 0 Å². The van der Waals surface area contributed by atoms with Gasteiger partial charge < -0.3 is 10.4 Å². The fourth-order valence-electron chi connectivity index (χ4n) is 2.65. The van der Waals surface area contributed by atoms with Crippen LogP contribution in [0.3, 0.4) is 0 Å². The third-order valence-electron chi connectivity index (χ3n) is 3.91. The highest BCUT2D eigenvalue weighted by Crippen LogP contribution is 2.36. The molecule has 0 saturated heterocycles. The molecule has 1 saturated carbocycles. The van der Waals surface area contributed by atoms with Crippen molar-refractivity contribution in [2.45, 2.75) is 37.0 Å². The first-order valence-electron chi connectivity index (χ1n) is 6.72. The van der Waals surface area contributed by atoms with Gasteiger partial charge in [-0.3, -0.25) is 9.59 Å². The van der Waals surface area contributed by atoms with Gasteiger partial charge in [0.1, 0.15) is 4.88 Å². The van der Waals surface area contributed by atoms with E-state index in [4.69, 9.17) is 0 Å². The van der Waals surface area contributed by atoms with Crippen molar-refractivity contribution in [3.8, 4) is 0 Å². The molecule has 2 rings (SSSR count). The zero-order valence-corrected chi connectivity index (χ0v) is 13.1. The van der Waals surface area contributed by atoms with Gasteiger partial charge in [0.25, 0.3) is 5.91 Å². The molecule has 2 N–H and O–H groups in total. The maximum absolute atomic E-state index is 12.2. The van der Waals surface area contributed by atoms with Gasteiger partial charge >= 0.3 is 5.97 Å². The van der Waals surface area contributed by atoms with Crippen LogP contribution >= 0.6 is 23.1 Å². The molecule has 110 valence electrons. The molecule has 4 nitrogen and oxygen atoms in total. The molecule has 1 aromatic rings. The molecule has 1 aliphatic rings. The van der Waals surface area contributed by atoms with E-state index in [1.54, 1.807) is 0 Å². The van der Waals surface area contributed by atoms with E-state index in [1.807, 2.05) is 17.7 Å². The number of carboxylic acids is 1. The van der Waals surface area contributed by atoms with Crippen molar-refractivity contribution in [2.24, 2.45) is 5.41 Å². The molecule has 1 aliphatic carbocycles. The molecule has 1 heterocycles. The second-order valence-electron chi connectivity index (χ2n) is 5.15. The number of nitrogens with one attached hydrogen (secondary N) is 1. The van der Waals surface area contributed by atoms with Crippen molar-refractivity contribution < 1.29 is 14.7 Å². The summed E-state index contributed by atoms with van der Waals surface area (Å²) >= 11 is 2.93. The Morgan fingerprint density at radius 2 is 2.10 bits per heavy atom. The van der Waals surface area contributed by atoms with Gasteiger partial charge in [-0.05, 0) is 30.5 Å². The Bertz CT molecular complexity index is 492. The molecule has 1 amide bonds. The molecule has 0 radical (unpaired) electrons. The topological polar surface area (TPSA) is 66.4 Å². The fourth-order valence-corrected chi connectivity index (χ4v) is 4.31. The Labute approximate surface area is 127 Å². The number of thioether (sulfide) groups is 1. The predicted molar refractivity (Wildman–Crippen MR) is 81.6 cm³/mol. The normalized spacial score (nSPS) is 17.6. The molecule has 0 bridgehead atoms. The minimum atomic E-state index is -0.784. The molecule has 1 fully saturated rings. The number of rotatable bonds is 5. The molecule has 0 spiro atoms. The fraction of sp³-hybridized carbons (Fsp3) is 0.571. The van der Waals surface area contributed by atoms with Crippen LogP contribution in [0.5, 0.6) is 0 Å². The van der Waals surface area contributed by atoms with Crippen LogP contribution in [-0.4, -0.2) is 29.8 Å². The summed E-state index contributed by atoms with van der Waals surface area (Å²) in [6, 6.07) is 1.91. The van der Waals surface area contributed by atoms with Crippen LogP contribution in [0.25, 0.3) is 0 Å². The maximum Gasteiger partial charge on any atom is 0.311 e. The van der Waals surface area contributed by atoms with Gasteiger partial charge in [0.15, 0.2) is 0 Å². The Morgan fingerprint density at radius 3 is 2.70 bits per heavy atom. The number of amides is 1. The first-order chi connectivity index (χ1) is 9.59. The number of carbonyl (C=O) groups excluding carboxylic acids is 1. The highest BCUT2D eigenvalue weighted by atomic mass is 32.2. The van der Waals surface area contributed by atoms with E-state index < -0.39 is 11.4 Å². The Kier molecular flexibility index (Phi) is 5.10. The smallest absolute Gasteiger partial charge is 0.311 e. The zero-order valence-electron chi connectivity index (χ0n) is 11.5. The summed E-state index contributed by atoms with van der Waals surface area (Å²) in [6.07, 6.45) is 6.18. The number of carboxylic acid groups (broad SMARTS) is 1. The van der Waals surface area contributed by atoms with Gasteiger partial charge in [-0.2, -0.15) is 0 Å². The van der Waals surface area contributed by atoms with Crippen LogP contribution in [0.4, 0.5) is 0 Å². The van der Waals surface area contributed by atoms with Crippen molar-refractivity contribution in [2.75, 3.05) is 12.8 Å². The summed E-state index contributed by atoms with van der Waals surface area (Å²) < 4.78 is 0. The average molecular weight is 313 g/mol. The van der Waals surface area contributed by atoms with Crippen LogP contribution in [0.1, 0.15) is 41.8 Å². The molecule has 0 unspecified atom stereocenters. The first kappa shape index (κ1) is 15.4. The lowest BCUT2D eigenvalue weighted by Crippen LogP contribution is -2.44. The van der Waals surface area contributed by atoms with Gasteiger partial charge in [0, 0.05) is 11.4 Å². The van der Waals surface area contributed by atoms with Gasteiger partial charge in [-0.15, -0.1) is 23.1 Å². The van der Waals surface area contributed by atoms with Gasteiger partial charge in [0.2, 0.25) is 0 Å². The lowest BCUT2D eigenvalue weighted by Gasteiger charge is -2.33. The SMILES string of the molecule is CSc1ccsc1C(=O)NCC1(C(=O)O)CCCCC1. The van der Waals surface area contributed by atoms with E-state index in [-0.39, 0.29) is 12.5 Å². The molecular formula is C14H19NO3S2. The van der Waals surface area contributed by atoms with Crippen molar-refractivity contribution in [1.82, 2.24) is 5.32 Å². The van der Waals surface area contributed by atoms with E-state index in [9.17, 15) is 14.7 Å². The van der Waals surface area contributed by atoms with E-state index in [1.165, 1.54) is 23.1 Å². The van der Waals surface area contributed by atoms with Gasteiger partial charge in [-0.25, -0.2) is 0 Å². The van der Waals surface area contributed by atoms with Gasteiger partial charge in [-0.1, -0.05) is 19.3 Å². The van der Waals surface area contributed by atoms with Crippen molar-refractivity contribution in [3.05, 3.63) is 16.3 Å². The van der Waals surface area contributed by atoms with E-state index in [0.29, 0.717) is 17.7 Å². The quantitative estimate of drug-likeness (QED) is 0.819. The summed E-state index contributed by atoms with van der Waals surface area (Å²) in [7, 11) is 0. The maximum atomic E-state index is 12.2. The zero-order chi connectivity index (χ0) is 14.6. The summed E-state index contributed by atoms with van der Waals surface area (Å²) in [5.41, 5.74) is -0.773. The number of aliphatic carboxylic acids is 1. The van der Waals surface area contributed by atoms with E-state index >= 15 is 0 Å². The number of carbonyl (C=O) groups is 2. The highest BCUT2D eigenvalue weighted by molar-refractivity contribution is 7.98. The molecule has 1 aromatic heterocycles.